The van der Waals surface area contributed by atoms with Gasteiger partial charge in [-0.3, -0.25) is 19.1 Å². The normalized spacial score (nSPS) is 12.4. The van der Waals surface area contributed by atoms with Crippen LogP contribution in [0.3, 0.4) is 0 Å². The van der Waals surface area contributed by atoms with E-state index in [1.807, 2.05) is 42.6 Å². The van der Waals surface area contributed by atoms with Crippen molar-refractivity contribution in [1.82, 2.24) is 25.3 Å². The van der Waals surface area contributed by atoms with E-state index in [2.05, 4.69) is 20.6 Å². The van der Waals surface area contributed by atoms with Gasteiger partial charge in [0.05, 0.1) is 23.4 Å². The molecule has 0 unspecified atom stereocenters. The summed E-state index contributed by atoms with van der Waals surface area (Å²) in [5.41, 5.74) is 7.02. The minimum absolute atomic E-state index is 0.0569. The number of rotatable bonds is 12. The van der Waals surface area contributed by atoms with Crippen LogP contribution in [0.4, 0.5) is 0 Å². The number of nitrogens with one attached hydrogen (secondary N) is 1. The first kappa shape index (κ1) is 26.0. The van der Waals surface area contributed by atoms with Crippen LogP contribution in [0, 0.1) is 5.41 Å². The number of hydrogen-bond donors (Lipinski definition) is 2. The third-order valence-electron chi connectivity index (χ3n) is 5.76. The fourth-order valence-corrected chi connectivity index (χ4v) is 3.81. The first-order chi connectivity index (χ1) is 16.6. The number of fused-ring (bicyclic) bond motifs is 1. The molecular formula is C26H34N6O3. The molecular weight excluding hydrogens is 444 g/mol. The molecule has 0 aliphatic heterocycles. The molecule has 0 saturated heterocycles. The maximum Gasteiger partial charge on any atom is 0.220 e. The zero-order valence-corrected chi connectivity index (χ0v) is 20.7. The van der Waals surface area contributed by atoms with Crippen molar-refractivity contribution in [3.05, 3.63) is 42.6 Å². The van der Waals surface area contributed by atoms with E-state index < -0.39 is 17.4 Å². The van der Waals surface area contributed by atoms with Crippen molar-refractivity contribution in [3.63, 3.8) is 0 Å². The zero-order chi connectivity index (χ0) is 25.4. The lowest BCUT2D eigenvalue weighted by Crippen LogP contribution is -2.46. The van der Waals surface area contributed by atoms with E-state index in [4.69, 9.17) is 5.73 Å². The number of Topliss-reactive ketones (excluding diaryl/α,β-unsaturated/α-hetero) is 1. The first-order valence-corrected chi connectivity index (χ1v) is 12.0. The number of pyridine rings is 1. The van der Waals surface area contributed by atoms with Gasteiger partial charge in [0, 0.05) is 30.2 Å². The van der Waals surface area contributed by atoms with Gasteiger partial charge in [-0.05, 0) is 31.4 Å². The molecule has 0 saturated carbocycles. The van der Waals surface area contributed by atoms with E-state index in [1.54, 1.807) is 25.5 Å². The Kier molecular flexibility index (Phi) is 8.68. The lowest BCUT2D eigenvalue weighted by atomic mass is 9.84. The van der Waals surface area contributed by atoms with Crippen LogP contribution in [-0.2, 0) is 20.9 Å². The van der Waals surface area contributed by atoms with Gasteiger partial charge in [0.15, 0.2) is 5.78 Å². The van der Waals surface area contributed by atoms with Gasteiger partial charge < -0.3 is 11.1 Å². The lowest BCUT2D eigenvalue weighted by molar-refractivity contribution is -0.133. The predicted octanol–water partition coefficient (Wildman–Crippen LogP) is 3.42. The Hall–Kier alpha value is -3.62. The van der Waals surface area contributed by atoms with Gasteiger partial charge in [-0.2, -0.15) is 0 Å². The molecule has 9 heteroatoms. The summed E-state index contributed by atoms with van der Waals surface area (Å²) in [6, 6.07) is 11.2. The van der Waals surface area contributed by atoms with Gasteiger partial charge in [-0.25, -0.2) is 4.98 Å². The van der Waals surface area contributed by atoms with E-state index in [9.17, 15) is 14.4 Å². The second-order valence-electron chi connectivity index (χ2n) is 9.81. The largest absolute Gasteiger partial charge is 0.370 e. The smallest absolute Gasteiger partial charge is 0.220 e. The van der Waals surface area contributed by atoms with Gasteiger partial charge >= 0.3 is 0 Å². The van der Waals surface area contributed by atoms with Crippen LogP contribution in [0.2, 0.25) is 0 Å². The van der Waals surface area contributed by atoms with Crippen LogP contribution >= 0.6 is 0 Å². The second-order valence-corrected chi connectivity index (χ2v) is 9.81. The number of nitrogens with two attached hydrogens (primary N) is 1. The molecule has 3 rings (SSSR count). The summed E-state index contributed by atoms with van der Waals surface area (Å²) in [5, 5.41) is 12.3. The third kappa shape index (κ3) is 7.70. The van der Waals surface area contributed by atoms with Gasteiger partial charge in [0.25, 0.3) is 0 Å². The molecule has 1 atom stereocenters. The SMILES string of the molecule is CC(C)(C)C(=O)[C@H](CCC(N)=O)NC(=O)CCCCCn1cc(-c2ccc3ccccc3n2)nn1. The van der Waals surface area contributed by atoms with E-state index in [0.29, 0.717) is 19.4 Å². The molecule has 0 aliphatic rings. The molecule has 0 bridgehead atoms. The molecule has 186 valence electrons. The fourth-order valence-electron chi connectivity index (χ4n) is 3.81. The zero-order valence-electron chi connectivity index (χ0n) is 20.7. The first-order valence-electron chi connectivity index (χ1n) is 12.0. The Morgan fingerprint density at radius 2 is 1.77 bits per heavy atom. The number of aryl methyl sites for hydroxylation is 1. The number of carbonyl (C=O) groups excluding carboxylic acids is 3. The Morgan fingerprint density at radius 1 is 1.00 bits per heavy atom. The average molecular weight is 479 g/mol. The van der Waals surface area contributed by atoms with Crippen molar-refractivity contribution < 1.29 is 14.4 Å². The second kappa shape index (κ2) is 11.7. The topological polar surface area (TPSA) is 133 Å². The van der Waals surface area contributed by atoms with Gasteiger partial charge in [-0.1, -0.05) is 56.7 Å². The molecule has 2 heterocycles. The fraction of sp³-hybridized carbons (Fsp3) is 0.462. The summed E-state index contributed by atoms with van der Waals surface area (Å²) < 4.78 is 1.79. The van der Waals surface area contributed by atoms with Crippen LogP contribution in [0.25, 0.3) is 22.3 Å². The van der Waals surface area contributed by atoms with Gasteiger partial charge in [-0.15, -0.1) is 5.10 Å². The summed E-state index contributed by atoms with van der Waals surface area (Å²) in [7, 11) is 0. The molecule has 0 aliphatic carbocycles. The molecule has 2 amide bonds. The minimum atomic E-state index is -0.702. The number of ketones is 1. The van der Waals surface area contributed by atoms with E-state index in [-0.39, 0.29) is 24.5 Å². The minimum Gasteiger partial charge on any atom is -0.370 e. The van der Waals surface area contributed by atoms with E-state index >= 15 is 0 Å². The summed E-state index contributed by atoms with van der Waals surface area (Å²) in [5.74, 6) is -0.781. The highest BCUT2D eigenvalue weighted by atomic mass is 16.2. The standard InChI is InChI=1S/C26H34N6O3/c1-26(2,3)25(35)21(14-15-23(27)33)29-24(34)11-5-4-8-16-32-17-22(30-31-32)20-13-12-18-9-6-7-10-19(18)28-20/h6-7,9-10,12-13,17,21H,4-5,8,11,14-16H2,1-3H3,(H2,27,33)(H,29,34)/t21-/m0/s1. The molecule has 2 aromatic heterocycles. The molecule has 3 aromatic rings. The van der Waals surface area contributed by atoms with Crippen LogP contribution in [-0.4, -0.2) is 43.6 Å². The molecule has 9 nitrogen and oxygen atoms in total. The monoisotopic (exact) mass is 478 g/mol. The van der Waals surface area contributed by atoms with Crippen molar-refractivity contribution in [2.75, 3.05) is 0 Å². The van der Waals surface area contributed by atoms with E-state index in [0.717, 1.165) is 35.1 Å². The third-order valence-corrected chi connectivity index (χ3v) is 5.76. The Balaban J connectivity index is 1.43. The number of nitrogens with zero attached hydrogens (tertiary/aromatic N) is 4. The summed E-state index contributed by atoms with van der Waals surface area (Å²) in [6.45, 7) is 6.07. The summed E-state index contributed by atoms with van der Waals surface area (Å²) >= 11 is 0. The highest BCUT2D eigenvalue weighted by molar-refractivity contribution is 5.92. The summed E-state index contributed by atoms with van der Waals surface area (Å²) in [4.78, 5) is 40.8. The van der Waals surface area contributed by atoms with Gasteiger partial charge in [0.2, 0.25) is 11.8 Å². The molecule has 35 heavy (non-hydrogen) atoms. The lowest BCUT2D eigenvalue weighted by Gasteiger charge is -2.25. The van der Waals surface area contributed by atoms with E-state index in [1.165, 1.54) is 0 Å². The highest BCUT2D eigenvalue weighted by Crippen LogP contribution is 2.20. The van der Waals surface area contributed by atoms with Crippen LogP contribution in [0.5, 0.6) is 0 Å². The molecule has 0 radical (unpaired) electrons. The number of hydrogen-bond acceptors (Lipinski definition) is 6. The van der Waals surface area contributed by atoms with Crippen LogP contribution < -0.4 is 11.1 Å². The quantitative estimate of drug-likeness (QED) is 0.383. The Morgan fingerprint density at radius 3 is 2.51 bits per heavy atom. The maximum atomic E-state index is 12.6. The van der Waals surface area contributed by atoms with Crippen LogP contribution in [0.15, 0.2) is 42.6 Å². The van der Waals surface area contributed by atoms with Crippen molar-refractivity contribution in [1.29, 1.82) is 0 Å². The van der Waals surface area contributed by atoms with Crippen molar-refractivity contribution >= 4 is 28.5 Å². The van der Waals surface area contributed by atoms with Crippen molar-refractivity contribution in [2.45, 2.75) is 71.9 Å². The van der Waals surface area contributed by atoms with Crippen molar-refractivity contribution in [2.24, 2.45) is 11.1 Å². The predicted molar refractivity (Wildman–Crippen MR) is 134 cm³/mol. The molecule has 1 aromatic carbocycles. The number of unbranched alkanes of at least 4 members (excludes halogenated alkanes) is 2. The number of carbonyl (C=O) groups is 3. The van der Waals surface area contributed by atoms with Crippen molar-refractivity contribution in [3.8, 4) is 11.4 Å². The number of primary amides is 1. The number of amides is 2. The Bertz CT molecular complexity index is 1180. The highest BCUT2D eigenvalue weighted by Gasteiger charge is 2.30. The number of benzene rings is 1. The average Bonchev–Trinajstić information content (AvgIpc) is 3.29. The Labute approximate surface area is 205 Å². The molecule has 0 spiro atoms. The molecule has 3 N–H and O–H groups in total. The van der Waals surface area contributed by atoms with Crippen LogP contribution in [0.1, 0.15) is 59.3 Å². The maximum absolute atomic E-state index is 12.6. The summed E-state index contributed by atoms with van der Waals surface area (Å²) in [6.07, 6.45) is 4.83. The number of para-hydroxylation sites is 1. The molecule has 0 fully saturated rings. The number of aromatic nitrogens is 4. The van der Waals surface area contributed by atoms with Gasteiger partial charge in [0.1, 0.15) is 5.69 Å².